The van der Waals surface area contributed by atoms with Crippen molar-refractivity contribution in [2.75, 3.05) is 13.6 Å². The van der Waals surface area contributed by atoms with Crippen LogP contribution in [0, 0.1) is 11.6 Å². The van der Waals surface area contributed by atoms with E-state index in [-0.39, 0.29) is 29.8 Å². The fraction of sp³-hybridized carbons (Fsp3) is 0.500. The van der Waals surface area contributed by atoms with Crippen LogP contribution >= 0.6 is 24.0 Å². The third kappa shape index (κ3) is 6.49. The van der Waals surface area contributed by atoms with Crippen LogP contribution in [-0.2, 0) is 6.42 Å². The largest absolute Gasteiger partial charge is 0.356 e. The summed E-state index contributed by atoms with van der Waals surface area (Å²) in [4.78, 5) is 4.07. The fourth-order valence-corrected chi connectivity index (χ4v) is 1.58. The minimum Gasteiger partial charge on any atom is -0.356 e. The van der Waals surface area contributed by atoms with Gasteiger partial charge in [-0.25, -0.2) is 8.78 Å². The monoisotopic (exact) mass is 397 g/mol. The van der Waals surface area contributed by atoms with Gasteiger partial charge in [0.2, 0.25) is 0 Å². The molecule has 0 aliphatic carbocycles. The highest BCUT2D eigenvalue weighted by atomic mass is 127. The molecule has 0 radical (unpaired) electrons. The number of hydrogen-bond acceptors (Lipinski definition) is 1. The lowest BCUT2D eigenvalue weighted by molar-refractivity contribution is 0.581. The van der Waals surface area contributed by atoms with E-state index in [0.717, 1.165) is 18.6 Å². The number of halogens is 3. The van der Waals surface area contributed by atoms with E-state index < -0.39 is 5.82 Å². The fourth-order valence-electron chi connectivity index (χ4n) is 1.58. The van der Waals surface area contributed by atoms with Gasteiger partial charge in [0.05, 0.1) is 0 Å². The molecular weight excluding hydrogens is 375 g/mol. The van der Waals surface area contributed by atoms with E-state index in [2.05, 4.69) is 29.5 Å². The third-order valence-electron chi connectivity index (χ3n) is 2.91. The van der Waals surface area contributed by atoms with Crippen LogP contribution in [0.1, 0.15) is 25.8 Å². The highest BCUT2D eigenvalue weighted by Crippen LogP contribution is 2.09. The Morgan fingerprint density at radius 3 is 2.65 bits per heavy atom. The Morgan fingerprint density at radius 2 is 2.05 bits per heavy atom. The van der Waals surface area contributed by atoms with Crippen LogP contribution in [0.15, 0.2) is 23.2 Å². The normalized spacial score (nSPS) is 12.6. The first kappa shape index (κ1) is 19.1. The van der Waals surface area contributed by atoms with E-state index in [1.54, 1.807) is 7.05 Å². The number of rotatable bonds is 5. The highest BCUT2D eigenvalue weighted by Gasteiger charge is 2.05. The van der Waals surface area contributed by atoms with Crippen molar-refractivity contribution in [3.8, 4) is 0 Å². The van der Waals surface area contributed by atoms with Gasteiger partial charge in [0.25, 0.3) is 0 Å². The molecule has 6 heteroatoms. The van der Waals surface area contributed by atoms with Crippen molar-refractivity contribution in [1.29, 1.82) is 0 Å². The summed E-state index contributed by atoms with van der Waals surface area (Å²) >= 11 is 0. The first-order valence-corrected chi connectivity index (χ1v) is 6.48. The summed E-state index contributed by atoms with van der Waals surface area (Å²) in [7, 11) is 1.68. The Hall–Kier alpha value is -0.920. The minimum absolute atomic E-state index is 0. The van der Waals surface area contributed by atoms with E-state index in [1.807, 2.05) is 0 Å². The molecule has 0 saturated carbocycles. The predicted molar refractivity (Wildman–Crippen MR) is 89.7 cm³/mol. The zero-order valence-electron chi connectivity index (χ0n) is 12.0. The SMILES string of the molecule is CCC(C)NC(=NC)NCCc1cc(F)ccc1F.I. The Balaban J connectivity index is 0.00000361. The van der Waals surface area contributed by atoms with Crippen LogP contribution in [-0.4, -0.2) is 25.6 Å². The molecule has 1 atom stereocenters. The Morgan fingerprint density at radius 1 is 1.35 bits per heavy atom. The highest BCUT2D eigenvalue weighted by molar-refractivity contribution is 14.0. The van der Waals surface area contributed by atoms with E-state index >= 15 is 0 Å². The molecule has 0 saturated heterocycles. The topological polar surface area (TPSA) is 36.4 Å². The van der Waals surface area contributed by atoms with Gasteiger partial charge < -0.3 is 10.6 Å². The van der Waals surface area contributed by atoms with Crippen molar-refractivity contribution < 1.29 is 8.78 Å². The van der Waals surface area contributed by atoms with Crippen LogP contribution in [0.4, 0.5) is 8.78 Å². The van der Waals surface area contributed by atoms with Gasteiger partial charge in [0.15, 0.2) is 5.96 Å². The van der Waals surface area contributed by atoms with Crippen LogP contribution in [0.25, 0.3) is 0 Å². The summed E-state index contributed by atoms with van der Waals surface area (Å²) in [6, 6.07) is 3.81. The van der Waals surface area contributed by atoms with E-state index in [1.165, 1.54) is 6.07 Å². The van der Waals surface area contributed by atoms with Gasteiger partial charge in [0, 0.05) is 19.6 Å². The predicted octanol–water partition coefficient (Wildman–Crippen LogP) is 3.09. The molecular formula is C14H22F2IN3. The Kier molecular flexibility index (Phi) is 9.45. The Bertz CT molecular complexity index is 438. The quantitative estimate of drug-likeness (QED) is 0.455. The lowest BCUT2D eigenvalue weighted by atomic mass is 10.1. The first-order valence-electron chi connectivity index (χ1n) is 6.48. The summed E-state index contributed by atoms with van der Waals surface area (Å²) in [6.07, 6.45) is 1.39. The van der Waals surface area contributed by atoms with Gasteiger partial charge >= 0.3 is 0 Å². The standard InChI is InChI=1S/C14H21F2N3.HI/c1-4-10(2)19-14(17-3)18-8-7-11-9-12(15)5-6-13(11)16;/h5-6,9-10H,4,7-8H2,1-3H3,(H2,17,18,19);1H. The molecule has 0 aliphatic rings. The van der Waals surface area contributed by atoms with Crippen molar-refractivity contribution in [2.24, 2.45) is 4.99 Å². The second kappa shape index (κ2) is 9.90. The summed E-state index contributed by atoms with van der Waals surface area (Å²) in [6.45, 7) is 4.63. The van der Waals surface area contributed by atoms with Crippen LogP contribution in [0.3, 0.4) is 0 Å². The second-order valence-electron chi connectivity index (χ2n) is 4.44. The molecule has 2 N–H and O–H groups in total. The van der Waals surface area contributed by atoms with E-state index in [9.17, 15) is 8.78 Å². The van der Waals surface area contributed by atoms with Gasteiger partial charge in [-0.3, -0.25) is 4.99 Å². The smallest absolute Gasteiger partial charge is 0.191 e. The summed E-state index contributed by atoms with van der Waals surface area (Å²) in [5, 5.41) is 6.28. The van der Waals surface area contributed by atoms with Crippen molar-refractivity contribution >= 4 is 29.9 Å². The van der Waals surface area contributed by atoms with Crippen molar-refractivity contribution in [1.82, 2.24) is 10.6 Å². The molecule has 0 bridgehead atoms. The van der Waals surface area contributed by atoms with Gasteiger partial charge in [-0.1, -0.05) is 6.92 Å². The second-order valence-corrected chi connectivity index (χ2v) is 4.44. The lowest BCUT2D eigenvalue weighted by Gasteiger charge is -2.16. The molecule has 0 spiro atoms. The van der Waals surface area contributed by atoms with Crippen LogP contribution in [0.2, 0.25) is 0 Å². The maximum absolute atomic E-state index is 13.4. The average molecular weight is 397 g/mol. The van der Waals surface area contributed by atoms with Gasteiger partial charge in [0.1, 0.15) is 11.6 Å². The number of benzene rings is 1. The number of nitrogens with zero attached hydrogens (tertiary/aromatic N) is 1. The molecule has 0 amide bonds. The maximum Gasteiger partial charge on any atom is 0.191 e. The zero-order chi connectivity index (χ0) is 14.3. The summed E-state index contributed by atoms with van der Waals surface area (Å²) in [5.41, 5.74) is 0.367. The van der Waals surface area contributed by atoms with Crippen LogP contribution in [0.5, 0.6) is 0 Å². The van der Waals surface area contributed by atoms with Crippen molar-refractivity contribution in [3.05, 3.63) is 35.4 Å². The van der Waals surface area contributed by atoms with Crippen molar-refractivity contribution in [2.45, 2.75) is 32.7 Å². The minimum atomic E-state index is -0.418. The molecule has 1 unspecified atom stereocenters. The molecule has 1 rings (SSSR count). The summed E-state index contributed by atoms with van der Waals surface area (Å²) in [5.74, 6) is -0.127. The zero-order valence-corrected chi connectivity index (χ0v) is 14.4. The molecule has 0 heterocycles. The lowest BCUT2D eigenvalue weighted by Crippen LogP contribution is -2.42. The van der Waals surface area contributed by atoms with Crippen LogP contribution < -0.4 is 10.6 Å². The number of aliphatic imine (C=N–C) groups is 1. The number of hydrogen-bond donors (Lipinski definition) is 2. The summed E-state index contributed by atoms with van der Waals surface area (Å²) < 4.78 is 26.4. The van der Waals surface area contributed by atoms with Gasteiger partial charge in [-0.05, 0) is 43.5 Å². The van der Waals surface area contributed by atoms with Gasteiger partial charge in [-0.15, -0.1) is 24.0 Å². The van der Waals surface area contributed by atoms with E-state index in [4.69, 9.17) is 0 Å². The Labute approximate surface area is 136 Å². The molecule has 0 aliphatic heterocycles. The molecule has 20 heavy (non-hydrogen) atoms. The molecule has 114 valence electrons. The van der Waals surface area contributed by atoms with Gasteiger partial charge in [-0.2, -0.15) is 0 Å². The number of guanidine groups is 1. The molecule has 1 aromatic carbocycles. The number of nitrogens with one attached hydrogen (secondary N) is 2. The molecule has 0 fully saturated rings. The maximum atomic E-state index is 13.4. The molecule has 1 aromatic rings. The van der Waals surface area contributed by atoms with Crippen molar-refractivity contribution in [3.63, 3.8) is 0 Å². The molecule has 3 nitrogen and oxygen atoms in total. The average Bonchev–Trinajstić information content (AvgIpc) is 2.41. The van der Waals surface area contributed by atoms with E-state index in [0.29, 0.717) is 30.5 Å². The first-order chi connectivity index (χ1) is 9.06. The third-order valence-corrected chi connectivity index (χ3v) is 2.91. The molecule has 0 aromatic heterocycles.